The van der Waals surface area contributed by atoms with Gasteiger partial charge in [0.2, 0.25) is 0 Å². The number of amides is 2. The number of rotatable bonds is 3. The van der Waals surface area contributed by atoms with Crippen LogP contribution in [0.15, 0.2) is 35.9 Å². The maximum Gasteiger partial charge on any atom is 0.260 e. The van der Waals surface area contributed by atoms with Crippen LogP contribution in [-0.4, -0.2) is 36.9 Å². The number of carbonyl (C=O) groups excluding carboxylic acids is 2. The molecule has 32 heavy (non-hydrogen) atoms. The van der Waals surface area contributed by atoms with Crippen molar-refractivity contribution in [3.8, 4) is 5.75 Å². The Morgan fingerprint density at radius 1 is 1.06 bits per heavy atom. The lowest BCUT2D eigenvalue weighted by Gasteiger charge is -2.60. The fourth-order valence-corrected chi connectivity index (χ4v) is 7.92. The summed E-state index contributed by atoms with van der Waals surface area (Å²) in [5.41, 5.74) is 1.31. The highest BCUT2D eigenvalue weighted by molar-refractivity contribution is 6.23. The molecule has 5 rings (SSSR count). The second-order valence-corrected chi connectivity index (χ2v) is 11.1. The van der Waals surface area contributed by atoms with Crippen LogP contribution in [0.1, 0.15) is 58.8 Å². The minimum Gasteiger partial charge on any atom is -0.497 e. The van der Waals surface area contributed by atoms with Gasteiger partial charge in [-0.05, 0) is 86.0 Å². The predicted molar refractivity (Wildman–Crippen MR) is 125 cm³/mol. The van der Waals surface area contributed by atoms with Crippen molar-refractivity contribution in [2.24, 2.45) is 28.6 Å². The van der Waals surface area contributed by atoms with Crippen LogP contribution < -0.4 is 10.1 Å². The second kappa shape index (κ2) is 7.64. The first-order valence-electron chi connectivity index (χ1n) is 12.2. The molecule has 0 bridgehead atoms. The number of hydrogen-bond donors (Lipinski definition) is 1. The van der Waals surface area contributed by atoms with Crippen molar-refractivity contribution >= 4 is 17.5 Å². The number of ether oxygens (including phenoxy) is 1. The lowest BCUT2D eigenvalue weighted by Crippen LogP contribution is -2.60. The molecule has 6 atom stereocenters. The molecule has 1 aromatic rings. The zero-order chi connectivity index (χ0) is 22.7. The van der Waals surface area contributed by atoms with E-state index in [1.165, 1.54) is 38.5 Å². The van der Waals surface area contributed by atoms with Crippen molar-refractivity contribution in [3.63, 3.8) is 0 Å². The van der Waals surface area contributed by atoms with Gasteiger partial charge in [-0.15, -0.1) is 0 Å². The van der Waals surface area contributed by atoms with Gasteiger partial charge in [0.1, 0.15) is 11.3 Å². The van der Waals surface area contributed by atoms with Crippen molar-refractivity contribution in [1.29, 1.82) is 0 Å². The minimum absolute atomic E-state index is 0.151. The van der Waals surface area contributed by atoms with Gasteiger partial charge in [-0.25, -0.2) is 0 Å². The van der Waals surface area contributed by atoms with Gasteiger partial charge in [-0.3, -0.25) is 9.59 Å². The number of benzene rings is 1. The Morgan fingerprint density at radius 3 is 2.53 bits per heavy atom. The third-order valence-electron chi connectivity index (χ3n) is 9.57. The Bertz CT molecular complexity index is 954. The summed E-state index contributed by atoms with van der Waals surface area (Å²) >= 11 is 0. The Hall–Kier alpha value is -2.30. The Balaban J connectivity index is 1.45. The van der Waals surface area contributed by atoms with Crippen LogP contribution in [0, 0.1) is 28.6 Å². The van der Waals surface area contributed by atoms with E-state index >= 15 is 0 Å². The molecule has 1 unspecified atom stereocenters. The standard InChI is InChI=1S/C27H36N2O3/c1-26-14-5-6-21(26)19-11-12-23-27(2,22(19)13-15-26)16-20(25(31)29(23)3)24(30)28-17-7-9-18(32-4)10-8-17/h7-10,16,19,21-23H,5-6,11-15H2,1-4H3,(H,28,30)/t19-,21-,22+,23?,26-,27+/m0/s1. The van der Waals surface area contributed by atoms with Crippen LogP contribution in [0.5, 0.6) is 5.75 Å². The number of nitrogens with zero attached hydrogens (tertiary/aromatic N) is 1. The molecule has 5 heteroatoms. The third kappa shape index (κ3) is 3.19. The molecule has 1 aliphatic heterocycles. The third-order valence-corrected chi connectivity index (χ3v) is 9.57. The molecular formula is C27H36N2O3. The number of fused-ring (bicyclic) bond motifs is 5. The van der Waals surface area contributed by atoms with Crippen LogP contribution in [0.2, 0.25) is 0 Å². The molecule has 5 nitrogen and oxygen atoms in total. The van der Waals surface area contributed by atoms with Gasteiger partial charge in [-0.1, -0.05) is 26.3 Å². The van der Waals surface area contributed by atoms with Gasteiger partial charge >= 0.3 is 0 Å². The lowest BCUT2D eigenvalue weighted by atomic mass is 9.48. The van der Waals surface area contributed by atoms with E-state index in [0.717, 1.165) is 18.1 Å². The Labute approximate surface area is 191 Å². The number of methoxy groups -OCH3 is 1. The summed E-state index contributed by atoms with van der Waals surface area (Å²) < 4.78 is 5.20. The SMILES string of the molecule is COc1ccc(NC(=O)C2=C[C@@]3(C)C(CC[C@@H]4[C@H]3CC[C@]3(C)CCC[C@@H]43)N(C)C2=O)cc1. The smallest absolute Gasteiger partial charge is 0.260 e. The molecule has 3 fully saturated rings. The summed E-state index contributed by atoms with van der Waals surface area (Å²) in [6.07, 6.45) is 10.9. The Kier molecular flexibility index (Phi) is 5.14. The summed E-state index contributed by atoms with van der Waals surface area (Å²) in [4.78, 5) is 28.3. The monoisotopic (exact) mass is 436 g/mol. The predicted octanol–water partition coefficient (Wildman–Crippen LogP) is 5.03. The molecule has 3 saturated carbocycles. The largest absolute Gasteiger partial charge is 0.497 e. The van der Waals surface area contributed by atoms with Crippen molar-refractivity contribution in [1.82, 2.24) is 4.90 Å². The molecular weight excluding hydrogens is 400 g/mol. The van der Waals surface area contributed by atoms with Crippen LogP contribution >= 0.6 is 0 Å². The molecule has 1 aromatic carbocycles. The highest BCUT2D eigenvalue weighted by Crippen LogP contribution is 2.64. The average Bonchev–Trinajstić information content (AvgIpc) is 3.18. The van der Waals surface area contributed by atoms with Gasteiger partial charge in [0.05, 0.1) is 7.11 Å². The van der Waals surface area contributed by atoms with Crippen LogP contribution in [0.4, 0.5) is 5.69 Å². The lowest BCUT2D eigenvalue weighted by molar-refractivity contribution is -0.141. The van der Waals surface area contributed by atoms with E-state index in [0.29, 0.717) is 28.5 Å². The summed E-state index contributed by atoms with van der Waals surface area (Å²) in [7, 11) is 3.50. The number of carbonyl (C=O) groups is 2. The fraction of sp³-hybridized carbons (Fsp3) is 0.630. The van der Waals surface area contributed by atoms with E-state index < -0.39 is 0 Å². The number of nitrogens with one attached hydrogen (secondary N) is 1. The summed E-state index contributed by atoms with van der Waals surface area (Å²) in [5.74, 6) is 2.31. The summed E-state index contributed by atoms with van der Waals surface area (Å²) in [5, 5.41) is 2.93. The molecule has 0 saturated heterocycles. The Morgan fingerprint density at radius 2 is 1.81 bits per heavy atom. The zero-order valence-electron chi connectivity index (χ0n) is 19.8. The highest BCUT2D eigenvalue weighted by Gasteiger charge is 2.59. The van der Waals surface area contributed by atoms with Crippen molar-refractivity contribution < 1.29 is 14.3 Å². The molecule has 172 valence electrons. The van der Waals surface area contributed by atoms with Crippen molar-refractivity contribution in [2.75, 3.05) is 19.5 Å². The van der Waals surface area contributed by atoms with E-state index in [4.69, 9.17) is 4.74 Å². The molecule has 0 spiro atoms. The van der Waals surface area contributed by atoms with Gasteiger partial charge in [0, 0.05) is 24.2 Å². The first-order chi connectivity index (χ1) is 15.3. The van der Waals surface area contributed by atoms with E-state index in [-0.39, 0.29) is 23.3 Å². The highest BCUT2D eigenvalue weighted by atomic mass is 16.5. The van der Waals surface area contributed by atoms with Crippen LogP contribution in [0.3, 0.4) is 0 Å². The maximum atomic E-state index is 13.2. The van der Waals surface area contributed by atoms with Gasteiger partial charge in [0.25, 0.3) is 11.8 Å². The van der Waals surface area contributed by atoms with Gasteiger partial charge in [-0.2, -0.15) is 0 Å². The van der Waals surface area contributed by atoms with Gasteiger partial charge in [0.15, 0.2) is 0 Å². The summed E-state index contributed by atoms with van der Waals surface area (Å²) in [6, 6.07) is 7.40. The van der Waals surface area contributed by atoms with Crippen LogP contribution in [-0.2, 0) is 9.59 Å². The maximum absolute atomic E-state index is 13.2. The van der Waals surface area contributed by atoms with Crippen LogP contribution in [0.25, 0.3) is 0 Å². The normalized spacial score (nSPS) is 38.3. The molecule has 3 aliphatic carbocycles. The van der Waals surface area contributed by atoms with E-state index in [9.17, 15) is 9.59 Å². The van der Waals surface area contributed by atoms with Crippen molar-refractivity contribution in [2.45, 2.75) is 64.8 Å². The first-order valence-corrected chi connectivity index (χ1v) is 12.2. The molecule has 1 heterocycles. The molecule has 2 amide bonds. The number of hydrogen-bond acceptors (Lipinski definition) is 3. The fourth-order valence-electron chi connectivity index (χ4n) is 7.92. The molecule has 4 aliphatic rings. The number of anilines is 1. The van der Waals surface area contributed by atoms with Gasteiger partial charge < -0.3 is 15.0 Å². The van der Waals surface area contributed by atoms with E-state index in [2.05, 4.69) is 25.2 Å². The molecule has 1 N–H and O–H groups in total. The minimum atomic E-state index is -0.310. The van der Waals surface area contributed by atoms with Crippen molar-refractivity contribution in [3.05, 3.63) is 35.9 Å². The first kappa shape index (κ1) is 21.5. The van der Waals surface area contributed by atoms with E-state index in [1.54, 1.807) is 19.2 Å². The second-order valence-electron chi connectivity index (χ2n) is 11.1. The zero-order valence-corrected chi connectivity index (χ0v) is 19.8. The average molecular weight is 437 g/mol. The summed E-state index contributed by atoms with van der Waals surface area (Å²) in [6.45, 7) is 4.82. The molecule has 0 radical (unpaired) electrons. The van der Waals surface area contributed by atoms with E-state index in [1.807, 2.05) is 24.1 Å². The number of likely N-dealkylation sites (N-methyl/N-ethyl adjacent to an activating group) is 1. The quantitative estimate of drug-likeness (QED) is 0.676. The molecule has 0 aromatic heterocycles. The topological polar surface area (TPSA) is 58.6 Å².